The van der Waals surface area contributed by atoms with Crippen molar-refractivity contribution in [2.75, 3.05) is 39.3 Å². The second kappa shape index (κ2) is 7.78. The lowest BCUT2D eigenvalue weighted by Gasteiger charge is -2.39. The summed E-state index contributed by atoms with van der Waals surface area (Å²) < 4.78 is 0. The summed E-state index contributed by atoms with van der Waals surface area (Å²) in [7, 11) is 0. The molecule has 1 saturated carbocycles. The molecule has 0 N–H and O–H groups in total. The molecule has 0 unspecified atom stereocenters. The summed E-state index contributed by atoms with van der Waals surface area (Å²) in [6.07, 6.45) is 2.30. The number of nitrogens with zero attached hydrogens (tertiary/aromatic N) is 3. The van der Waals surface area contributed by atoms with Gasteiger partial charge >= 0.3 is 0 Å². The summed E-state index contributed by atoms with van der Waals surface area (Å²) in [4.78, 5) is 31.7. The summed E-state index contributed by atoms with van der Waals surface area (Å²) >= 11 is 0. The summed E-state index contributed by atoms with van der Waals surface area (Å²) in [6, 6.07) is 10.4. The van der Waals surface area contributed by atoms with Gasteiger partial charge in [0.05, 0.1) is 12.0 Å². The van der Waals surface area contributed by atoms with Crippen molar-refractivity contribution in [3.05, 3.63) is 35.9 Å². The van der Waals surface area contributed by atoms with Crippen LogP contribution in [0.15, 0.2) is 30.3 Å². The molecule has 26 heavy (non-hydrogen) atoms. The number of amides is 2. The molecular formula is C21H31N3O2. The number of piperazine rings is 1. The zero-order chi connectivity index (χ0) is 18.7. The van der Waals surface area contributed by atoms with Crippen LogP contribution in [0.25, 0.3) is 0 Å². The minimum absolute atomic E-state index is 0.169. The average Bonchev–Trinajstić information content (AvgIpc) is 3.48. The van der Waals surface area contributed by atoms with E-state index in [1.807, 2.05) is 54.0 Å². The van der Waals surface area contributed by atoms with Gasteiger partial charge in [-0.3, -0.25) is 14.5 Å². The van der Waals surface area contributed by atoms with E-state index in [2.05, 4.69) is 11.8 Å². The van der Waals surface area contributed by atoms with Crippen LogP contribution in [-0.4, -0.2) is 71.8 Å². The minimum Gasteiger partial charge on any atom is -0.339 e. The molecule has 0 aromatic heterocycles. The Kier molecular flexibility index (Phi) is 5.66. The van der Waals surface area contributed by atoms with Crippen LogP contribution in [0.4, 0.5) is 0 Å². The minimum atomic E-state index is -0.524. The first-order chi connectivity index (χ1) is 12.4. The number of hydrogen-bond donors (Lipinski definition) is 0. The van der Waals surface area contributed by atoms with Gasteiger partial charge in [0, 0.05) is 38.8 Å². The molecule has 1 saturated heterocycles. The predicted octanol–water partition coefficient (Wildman–Crippen LogP) is 2.12. The third-order valence-corrected chi connectivity index (χ3v) is 5.70. The van der Waals surface area contributed by atoms with E-state index in [1.54, 1.807) is 0 Å². The Labute approximate surface area is 156 Å². The van der Waals surface area contributed by atoms with Crippen molar-refractivity contribution in [2.45, 2.75) is 45.1 Å². The van der Waals surface area contributed by atoms with Crippen LogP contribution in [0, 0.1) is 0 Å². The van der Waals surface area contributed by atoms with Gasteiger partial charge < -0.3 is 9.80 Å². The molecule has 0 atom stereocenters. The highest BCUT2D eigenvalue weighted by Crippen LogP contribution is 2.27. The maximum absolute atomic E-state index is 13.0. The molecule has 1 aliphatic carbocycles. The van der Waals surface area contributed by atoms with E-state index in [-0.39, 0.29) is 11.8 Å². The van der Waals surface area contributed by atoms with Crippen LogP contribution in [0.5, 0.6) is 0 Å². The molecule has 2 amide bonds. The molecule has 1 heterocycles. The quantitative estimate of drug-likeness (QED) is 0.783. The van der Waals surface area contributed by atoms with Gasteiger partial charge in [0.1, 0.15) is 0 Å². The fourth-order valence-electron chi connectivity index (χ4n) is 3.79. The van der Waals surface area contributed by atoms with E-state index in [0.29, 0.717) is 25.7 Å². The Morgan fingerprint density at radius 3 is 2.23 bits per heavy atom. The highest BCUT2D eigenvalue weighted by atomic mass is 16.2. The van der Waals surface area contributed by atoms with Crippen LogP contribution < -0.4 is 0 Å². The highest BCUT2D eigenvalue weighted by Gasteiger charge is 2.36. The van der Waals surface area contributed by atoms with Gasteiger partial charge in [-0.2, -0.15) is 0 Å². The third-order valence-electron chi connectivity index (χ3n) is 5.70. The second-order valence-corrected chi connectivity index (χ2v) is 7.97. The Morgan fingerprint density at radius 1 is 1.08 bits per heavy atom. The molecule has 0 bridgehead atoms. The summed E-state index contributed by atoms with van der Waals surface area (Å²) in [5.74, 6) is 0.405. The van der Waals surface area contributed by atoms with Crippen molar-refractivity contribution in [1.29, 1.82) is 0 Å². The highest BCUT2D eigenvalue weighted by molar-refractivity contribution is 5.87. The molecule has 5 heteroatoms. The second-order valence-electron chi connectivity index (χ2n) is 7.97. The average molecular weight is 357 g/mol. The third kappa shape index (κ3) is 4.09. The van der Waals surface area contributed by atoms with Crippen molar-refractivity contribution in [1.82, 2.24) is 14.7 Å². The van der Waals surface area contributed by atoms with Crippen molar-refractivity contribution in [3.63, 3.8) is 0 Å². The van der Waals surface area contributed by atoms with Crippen molar-refractivity contribution < 1.29 is 9.59 Å². The largest absolute Gasteiger partial charge is 0.339 e. The molecule has 1 aliphatic heterocycles. The number of rotatable bonds is 6. The Morgan fingerprint density at radius 2 is 1.69 bits per heavy atom. The van der Waals surface area contributed by atoms with Gasteiger partial charge in [0.25, 0.3) is 0 Å². The van der Waals surface area contributed by atoms with Crippen LogP contribution in [0.2, 0.25) is 0 Å². The molecular weight excluding hydrogens is 326 g/mol. The van der Waals surface area contributed by atoms with E-state index >= 15 is 0 Å². The van der Waals surface area contributed by atoms with E-state index in [9.17, 15) is 9.59 Å². The number of carbonyl (C=O) groups is 2. The normalized spacial score (nSPS) is 18.7. The maximum Gasteiger partial charge on any atom is 0.236 e. The van der Waals surface area contributed by atoms with Gasteiger partial charge in [0.15, 0.2) is 0 Å². The van der Waals surface area contributed by atoms with Crippen molar-refractivity contribution in [2.24, 2.45) is 0 Å². The smallest absolute Gasteiger partial charge is 0.236 e. The van der Waals surface area contributed by atoms with Crippen LogP contribution in [0.1, 0.15) is 39.2 Å². The van der Waals surface area contributed by atoms with E-state index in [0.717, 1.165) is 38.0 Å². The Balaban J connectivity index is 1.53. The first-order valence-electron chi connectivity index (χ1n) is 9.80. The monoisotopic (exact) mass is 357 g/mol. The molecule has 5 nitrogen and oxygen atoms in total. The van der Waals surface area contributed by atoms with Crippen molar-refractivity contribution >= 4 is 11.8 Å². The molecule has 1 aromatic rings. The molecule has 142 valence electrons. The molecule has 1 aromatic carbocycles. The molecule has 3 rings (SSSR count). The van der Waals surface area contributed by atoms with Gasteiger partial charge in [-0.25, -0.2) is 0 Å². The topological polar surface area (TPSA) is 43.9 Å². The fraction of sp³-hybridized carbons (Fsp3) is 0.619. The van der Waals surface area contributed by atoms with Crippen LogP contribution >= 0.6 is 0 Å². The molecule has 2 fully saturated rings. The van der Waals surface area contributed by atoms with Gasteiger partial charge in [-0.15, -0.1) is 0 Å². The zero-order valence-electron chi connectivity index (χ0n) is 16.3. The number of likely N-dealkylation sites (N-methyl/N-ethyl adjacent to an activating group) is 1. The lowest BCUT2D eigenvalue weighted by Crippen LogP contribution is -2.54. The standard InChI is InChI=1S/C21H31N3O2/c1-4-24(18-10-11-18)19(25)16-22-12-14-23(15-13-22)20(26)21(2,3)17-8-6-5-7-9-17/h5-9,18H,4,10-16H2,1-3H3. The van der Waals surface area contributed by atoms with Gasteiger partial charge in [-0.05, 0) is 39.2 Å². The Bertz CT molecular complexity index is 632. The van der Waals surface area contributed by atoms with Crippen molar-refractivity contribution in [3.8, 4) is 0 Å². The summed E-state index contributed by atoms with van der Waals surface area (Å²) in [5.41, 5.74) is 0.523. The van der Waals surface area contributed by atoms with E-state index in [1.165, 1.54) is 0 Å². The number of hydrogen-bond acceptors (Lipinski definition) is 3. The maximum atomic E-state index is 13.0. The Hall–Kier alpha value is -1.88. The number of carbonyl (C=O) groups excluding carboxylic acids is 2. The molecule has 0 spiro atoms. The summed E-state index contributed by atoms with van der Waals surface area (Å²) in [6.45, 7) is 10.2. The number of benzene rings is 1. The van der Waals surface area contributed by atoms with Gasteiger partial charge in [-0.1, -0.05) is 30.3 Å². The van der Waals surface area contributed by atoms with Gasteiger partial charge in [0.2, 0.25) is 11.8 Å². The zero-order valence-corrected chi connectivity index (χ0v) is 16.3. The van der Waals surface area contributed by atoms with Crippen LogP contribution in [-0.2, 0) is 15.0 Å². The first-order valence-corrected chi connectivity index (χ1v) is 9.80. The van der Waals surface area contributed by atoms with E-state index in [4.69, 9.17) is 0 Å². The first kappa shape index (κ1) is 18.9. The molecule has 0 radical (unpaired) electrons. The predicted molar refractivity (Wildman–Crippen MR) is 103 cm³/mol. The lowest BCUT2D eigenvalue weighted by atomic mass is 9.83. The van der Waals surface area contributed by atoms with E-state index < -0.39 is 5.41 Å². The SMILES string of the molecule is CCN(C(=O)CN1CCN(C(=O)C(C)(C)c2ccccc2)CC1)C1CC1. The summed E-state index contributed by atoms with van der Waals surface area (Å²) in [5, 5.41) is 0. The fourth-order valence-corrected chi connectivity index (χ4v) is 3.79. The van der Waals surface area contributed by atoms with Crippen LogP contribution in [0.3, 0.4) is 0 Å². The molecule has 2 aliphatic rings. The lowest BCUT2D eigenvalue weighted by molar-refractivity contribution is -0.139.